The molecule has 0 radical (unpaired) electrons. The summed E-state index contributed by atoms with van der Waals surface area (Å²) in [5.41, 5.74) is 1.03. The molecule has 4 heteroatoms. The number of hydroxylamine groups is 3. The van der Waals surface area contributed by atoms with Crippen molar-refractivity contribution in [1.82, 2.24) is 0 Å². The second-order valence-corrected chi connectivity index (χ2v) is 6.52. The number of nitrogens with zero attached hydrogens (tertiary/aromatic N) is 1. The fourth-order valence-electron chi connectivity index (χ4n) is 2.40. The third-order valence-electron chi connectivity index (χ3n) is 3.69. The maximum atomic E-state index is 12.8. The molecule has 1 aromatic rings. The molecule has 1 aliphatic rings. The first-order valence-corrected chi connectivity index (χ1v) is 7.01. The lowest BCUT2D eigenvalue weighted by atomic mass is 9.95. The number of morpholine rings is 1. The highest BCUT2D eigenvalue weighted by molar-refractivity contribution is 7.10. The van der Waals surface area contributed by atoms with Gasteiger partial charge in [-0.3, -0.25) is 0 Å². The molecule has 17 heavy (non-hydrogen) atoms. The van der Waals surface area contributed by atoms with Gasteiger partial charge in [0.15, 0.2) is 0 Å². The number of thiophene rings is 1. The van der Waals surface area contributed by atoms with E-state index in [9.17, 15) is 5.21 Å². The SMILES string of the molecule is Cc1csc(CC(C)(C)[N+]2([O-])CCOCC2)c1. The Balaban J connectivity index is 2.11. The van der Waals surface area contributed by atoms with Gasteiger partial charge in [-0.25, -0.2) is 0 Å². The summed E-state index contributed by atoms with van der Waals surface area (Å²) >= 11 is 1.76. The lowest BCUT2D eigenvalue weighted by Gasteiger charge is -2.55. The van der Waals surface area contributed by atoms with Crippen molar-refractivity contribution in [3.8, 4) is 0 Å². The Labute approximate surface area is 107 Å². The van der Waals surface area contributed by atoms with Crippen molar-refractivity contribution < 1.29 is 9.38 Å². The number of hydrogen-bond acceptors (Lipinski definition) is 3. The van der Waals surface area contributed by atoms with Crippen LogP contribution in [0.25, 0.3) is 0 Å². The van der Waals surface area contributed by atoms with Crippen molar-refractivity contribution >= 4 is 11.3 Å². The molecule has 0 saturated carbocycles. The molecular weight excluding hydrogens is 234 g/mol. The molecule has 0 aliphatic carbocycles. The highest BCUT2D eigenvalue weighted by Crippen LogP contribution is 2.31. The average molecular weight is 255 g/mol. The predicted octanol–water partition coefficient (Wildman–Crippen LogP) is 2.72. The Kier molecular flexibility index (Phi) is 3.59. The van der Waals surface area contributed by atoms with Crippen LogP contribution in [0.4, 0.5) is 0 Å². The van der Waals surface area contributed by atoms with Crippen LogP contribution in [-0.4, -0.2) is 36.5 Å². The lowest BCUT2D eigenvalue weighted by Crippen LogP contribution is -2.63. The van der Waals surface area contributed by atoms with Gasteiger partial charge in [0, 0.05) is 11.3 Å². The zero-order valence-corrected chi connectivity index (χ0v) is 11.7. The number of ether oxygens (including phenoxy) is 1. The quantitative estimate of drug-likeness (QED) is 0.614. The molecular formula is C13H21NO2S. The molecule has 0 amide bonds. The number of quaternary nitrogens is 1. The van der Waals surface area contributed by atoms with Crippen LogP contribution >= 0.6 is 11.3 Å². The molecule has 1 aliphatic heterocycles. The Hall–Kier alpha value is -0.420. The zero-order valence-electron chi connectivity index (χ0n) is 10.9. The van der Waals surface area contributed by atoms with Gasteiger partial charge < -0.3 is 14.6 Å². The van der Waals surface area contributed by atoms with E-state index in [-0.39, 0.29) is 10.2 Å². The van der Waals surface area contributed by atoms with Crippen LogP contribution in [0.2, 0.25) is 0 Å². The minimum Gasteiger partial charge on any atom is -0.632 e. The predicted molar refractivity (Wildman–Crippen MR) is 71.0 cm³/mol. The Bertz CT molecular complexity index is 381. The van der Waals surface area contributed by atoms with Gasteiger partial charge in [0.05, 0.1) is 18.8 Å². The zero-order chi connectivity index (χ0) is 12.5. The monoisotopic (exact) mass is 255 g/mol. The molecule has 0 N–H and O–H groups in total. The summed E-state index contributed by atoms with van der Waals surface area (Å²) < 4.78 is 5.18. The third kappa shape index (κ3) is 2.71. The highest BCUT2D eigenvalue weighted by Gasteiger charge is 2.38. The van der Waals surface area contributed by atoms with Gasteiger partial charge in [0.2, 0.25) is 0 Å². The molecule has 3 nitrogen and oxygen atoms in total. The van der Waals surface area contributed by atoms with Crippen LogP contribution in [0.5, 0.6) is 0 Å². The van der Waals surface area contributed by atoms with E-state index in [4.69, 9.17) is 4.74 Å². The van der Waals surface area contributed by atoms with Crippen molar-refractivity contribution in [3.63, 3.8) is 0 Å². The molecule has 0 bridgehead atoms. The van der Waals surface area contributed by atoms with Crippen molar-refractivity contribution in [2.75, 3.05) is 26.3 Å². The van der Waals surface area contributed by atoms with Gasteiger partial charge in [0.1, 0.15) is 13.1 Å². The largest absolute Gasteiger partial charge is 0.632 e. The summed E-state index contributed by atoms with van der Waals surface area (Å²) in [4.78, 5) is 1.31. The smallest absolute Gasteiger partial charge is 0.103 e. The molecule has 2 rings (SSSR count). The first kappa shape index (κ1) is 13.0. The molecule has 2 heterocycles. The first-order valence-electron chi connectivity index (χ1n) is 6.13. The van der Waals surface area contributed by atoms with Gasteiger partial charge in [-0.2, -0.15) is 0 Å². The van der Waals surface area contributed by atoms with Crippen LogP contribution < -0.4 is 0 Å². The van der Waals surface area contributed by atoms with E-state index in [1.807, 2.05) is 0 Å². The molecule has 96 valence electrons. The fraction of sp³-hybridized carbons (Fsp3) is 0.692. The first-order chi connectivity index (χ1) is 7.93. The van der Waals surface area contributed by atoms with E-state index in [2.05, 4.69) is 32.2 Å². The van der Waals surface area contributed by atoms with Crippen molar-refractivity contribution in [2.24, 2.45) is 0 Å². The molecule has 0 spiro atoms. The molecule has 0 unspecified atom stereocenters. The summed E-state index contributed by atoms with van der Waals surface area (Å²) in [7, 11) is 0. The molecule has 1 fully saturated rings. The van der Waals surface area contributed by atoms with Crippen LogP contribution in [-0.2, 0) is 11.2 Å². The molecule has 0 aromatic carbocycles. The second-order valence-electron chi connectivity index (χ2n) is 5.53. The van der Waals surface area contributed by atoms with E-state index in [0.29, 0.717) is 26.3 Å². The van der Waals surface area contributed by atoms with E-state index < -0.39 is 0 Å². The van der Waals surface area contributed by atoms with E-state index in [1.165, 1.54) is 10.4 Å². The molecule has 1 aromatic heterocycles. The number of hydrogen-bond donors (Lipinski definition) is 0. The summed E-state index contributed by atoms with van der Waals surface area (Å²) in [6, 6.07) is 2.19. The Morgan fingerprint density at radius 2 is 2.06 bits per heavy atom. The normalized spacial score (nSPS) is 20.5. The minimum atomic E-state index is -0.263. The topological polar surface area (TPSA) is 32.3 Å². The number of aryl methyl sites for hydroxylation is 1. The summed E-state index contributed by atoms with van der Waals surface area (Å²) in [6.45, 7) is 8.62. The minimum absolute atomic E-state index is 0.121. The van der Waals surface area contributed by atoms with Crippen molar-refractivity contribution in [3.05, 3.63) is 27.1 Å². The standard InChI is InChI=1S/C13H21NO2S/c1-11-8-12(17-10-11)9-13(2,3)14(15)4-6-16-7-5-14/h8,10H,4-7,9H2,1-3H3. The van der Waals surface area contributed by atoms with Gasteiger partial charge in [-0.15, -0.1) is 11.3 Å². The van der Waals surface area contributed by atoms with Gasteiger partial charge in [0.25, 0.3) is 0 Å². The van der Waals surface area contributed by atoms with Crippen LogP contribution in [0.15, 0.2) is 11.4 Å². The summed E-state index contributed by atoms with van der Waals surface area (Å²) in [6.07, 6.45) is 0.856. The maximum absolute atomic E-state index is 12.8. The highest BCUT2D eigenvalue weighted by atomic mass is 32.1. The maximum Gasteiger partial charge on any atom is 0.103 e. The van der Waals surface area contributed by atoms with E-state index in [1.54, 1.807) is 11.3 Å². The van der Waals surface area contributed by atoms with Crippen molar-refractivity contribution in [1.29, 1.82) is 0 Å². The van der Waals surface area contributed by atoms with Crippen LogP contribution in [0.1, 0.15) is 24.3 Å². The van der Waals surface area contributed by atoms with Crippen molar-refractivity contribution in [2.45, 2.75) is 32.7 Å². The summed E-state index contributed by atoms with van der Waals surface area (Å²) in [5.74, 6) is 0. The lowest BCUT2D eigenvalue weighted by molar-refractivity contribution is -0.935. The summed E-state index contributed by atoms with van der Waals surface area (Å²) in [5, 5.41) is 15.0. The van der Waals surface area contributed by atoms with Crippen LogP contribution in [0, 0.1) is 12.1 Å². The van der Waals surface area contributed by atoms with Gasteiger partial charge >= 0.3 is 0 Å². The van der Waals surface area contributed by atoms with Gasteiger partial charge in [-0.05, 0) is 37.8 Å². The van der Waals surface area contributed by atoms with E-state index >= 15 is 0 Å². The average Bonchev–Trinajstić information content (AvgIpc) is 2.64. The fourth-order valence-corrected chi connectivity index (χ4v) is 3.49. The molecule has 0 atom stereocenters. The van der Waals surface area contributed by atoms with E-state index in [0.717, 1.165) is 6.42 Å². The van der Waals surface area contributed by atoms with Gasteiger partial charge in [-0.1, -0.05) is 0 Å². The third-order valence-corrected chi connectivity index (χ3v) is 4.74. The Morgan fingerprint density at radius 1 is 1.41 bits per heavy atom. The van der Waals surface area contributed by atoms with Crippen LogP contribution in [0.3, 0.4) is 0 Å². The second kappa shape index (κ2) is 4.69. The Morgan fingerprint density at radius 3 is 2.59 bits per heavy atom. The molecule has 1 saturated heterocycles. The number of rotatable bonds is 3.